The van der Waals surface area contributed by atoms with E-state index in [1.807, 2.05) is 58.0 Å². The molecule has 1 N–H and O–H groups in total. The van der Waals surface area contributed by atoms with E-state index in [2.05, 4.69) is 5.32 Å². The zero-order chi connectivity index (χ0) is 33.3. The van der Waals surface area contributed by atoms with E-state index in [0.717, 1.165) is 9.87 Å². The summed E-state index contributed by atoms with van der Waals surface area (Å²) in [6, 6.07) is 28.4. The Balaban J connectivity index is 1.80. The van der Waals surface area contributed by atoms with Gasteiger partial charge in [0.05, 0.1) is 17.2 Å². The Hall–Kier alpha value is -4.70. The van der Waals surface area contributed by atoms with Crippen molar-refractivity contribution in [3.05, 3.63) is 126 Å². The molecular formula is C36H40FN3O5S. The lowest BCUT2D eigenvalue weighted by molar-refractivity contribution is -0.140. The highest BCUT2D eigenvalue weighted by Crippen LogP contribution is 2.26. The molecule has 0 radical (unpaired) electrons. The average molecular weight is 646 g/mol. The fourth-order valence-corrected chi connectivity index (χ4v) is 6.36. The number of hydrogen-bond donors (Lipinski definition) is 1. The maximum atomic E-state index is 15.0. The van der Waals surface area contributed by atoms with Gasteiger partial charge in [-0.05, 0) is 75.7 Å². The van der Waals surface area contributed by atoms with Crippen molar-refractivity contribution in [2.45, 2.75) is 57.1 Å². The monoisotopic (exact) mass is 645 g/mol. The van der Waals surface area contributed by atoms with Crippen LogP contribution in [0.3, 0.4) is 0 Å². The molecule has 4 rings (SSSR count). The first-order chi connectivity index (χ1) is 21.9. The molecule has 0 aliphatic rings. The van der Waals surface area contributed by atoms with Gasteiger partial charge in [0.1, 0.15) is 24.2 Å². The lowest BCUT2D eigenvalue weighted by Crippen LogP contribution is -2.56. The van der Waals surface area contributed by atoms with Crippen LogP contribution in [-0.4, -0.2) is 49.9 Å². The number of carbonyl (C=O) groups excluding carboxylic acids is 2. The second-order valence-corrected chi connectivity index (χ2v) is 13.7. The third-order valence-electron chi connectivity index (χ3n) is 7.11. The summed E-state index contributed by atoms with van der Waals surface area (Å²) in [4.78, 5) is 29.6. The number of anilines is 1. The number of carbonyl (C=O) groups is 2. The van der Waals surface area contributed by atoms with E-state index in [9.17, 15) is 18.0 Å². The predicted molar refractivity (Wildman–Crippen MR) is 177 cm³/mol. The van der Waals surface area contributed by atoms with Crippen LogP contribution in [-0.2, 0) is 32.6 Å². The standard InChI is InChI=1S/C36H40FN3O5S/c1-5-45-30-20-22-31(23-21-30)46(43,44)40(29-17-10-7-11-18-29)26-34(41)39(25-28-16-12-13-19-32(28)37)33(35(42)38-36(2,3)4)24-27-14-8-6-9-15-27/h6-23,33H,5,24-26H2,1-4H3,(H,38,42). The summed E-state index contributed by atoms with van der Waals surface area (Å²) in [5, 5.41) is 2.96. The van der Waals surface area contributed by atoms with E-state index in [1.54, 1.807) is 60.7 Å². The Morgan fingerprint density at radius 3 is 2.02 bits per heavy atom. The number of sulfonamides is 1. The van der Waals surface area contributed by atoms with Crippen LogP contribution in [0, 0.1) is 5.82 Å². The molecule has 4 aromatic carbocycles. The van der Waals surface area contributed by atoms with Crippen molar-refractivity contribution in [2.75, 3.05) is 17.5 Å². The van der Waals surface area contributed by atoms with Crippen LogP contribution < -0.4 is 14.4 Å². The summed E-state index contributed by atoms with van der Waals surface area (Å²) >= 11 is 0. The molecule has 0 saturated heterocycles. The summed E-state index contributed by atoms with van der Waals surface area (Å²) in [6.07, 6.45) is 0.125. The van der Waals surface area contributed by atoms with E-state index >= 15 is 4.39 Å². The van der Waals surface area contributed by atoms with Gasteiger partial charge in [-0.2, -0.15) is 0 Å². The Morgan fingerprint density at radius 1 is 0.848 bits per heavy atom. The molecule has 0 aliphatic heterocycles. The van der Waals surface area contributed by atoms with Crippen molar-refractivity contribution < 1.29 is 27.1 Å². The van der Waals surface area contributed by atoms with Gasteiger partial charge in [0.25, 0.3) is 10.0 Å². The first-order valence-corrected chi connectivity index (χ1v) is 16.5. The fraction of sp³-hybridized carbons (Fsp3) is 0.278. The topological polar surface area (TPSA) is 96.0 Å². The minimum atomic E-state index is -4.27. The van der Waals surface area contributed by atoms with Gasteiger partial charge in [-0.25, -0.2) is 12.8 Å². The highest BCUT2D eigenvalue weighted by atomic mass is 32.2. The normalized spacial score (nSPS) is 12.2. The molecule has 1 unspecified atom stereocenters. The number of rotatable bonds is 13. The van der Waals surface area contributed by atoms with Crippen molar-refractivity contribution in [3.63, 3.8) is 0 Å². The number of amides is 2. The summed E-state index contributed by atoms with van der Waals surface area (Å²) in [5.74, 6) is -1.15. The number of para-hydroxylation sites is 1. The predicted octanol–water partition coefficient (Wildman–Crippen LogP) is 5.97. The first-order valence-electron chi connectivity index (χ1n) is 15.1. The Kier molecular flexibility index (Phi) is 11.2. The summed E-state index contributed by atoms with van der Waals surface area (Å²) in [5.41, 5.74) is 0.600. The smallest absolute Gasteiger partial charge is 0.264 e. The van der Waals surface area contributed by atoms with Gasteiger partial charge in [-0.3, -0.25) is 13.9 Å². The van der Waals surface area contributed by atoms with Crippen LogP contribution in [0.4, 0.5) is 10.1 Å². The van der Waals surface area contributed by atoms with Gasteiger partial charge < -0.3 is 15.0 Å². The molecule has 0 aromatic heterocycles. The van der Waals surface area contributed by atoms with Gasteiger partial charge >= 0.3 is 0 Å². The van der Waals surface area contributed by atoms with Gasteiger partial charge in [0, 0.05) is 24.1 Å². The number of benzene rings is 4. The molecular weight excluding hydrogens is 605 g/mol. The molecule has 0 saturated carbocycles. The third-order valence-corrected chi connectivity index (χ3v) is 8.90. The Labute approximate surface area is 270 Å². The van der Waals surface area contributed by atoms with Crippen LogP contribution in [0.1, 0.15) is 38.8 Å². The molecule has 10 heteroatoms. The molecule has 0 aliphatic carbocycles. The highest BCUT2D eigenvalue weighted by molar-refractivity contribution is 7.92. The summed E-state index contributed by atoms with van der Waals surface area (Å²) in [6.45, 7) is 6.83. The van der Waals surface area contributed by atoms with E-state index in [-0.39, 0.29) is 29.1 Å². The molecule has 0 heterocycles. The van der Waals surface area contributed by atoms with Gasteiger partial charge in [0.15, 0.2) is 0 Å². The zero-order valence-electron chi connectivity index (χ0n) is 26.5. The summed E-state index contributed by atoms with van der Waals surface area (Å²) in [7, 11) is -4.27. The SMILES string of the molecule is CCOc1ccc(S(=O)(=O)N(CC(=O)N(Cc2ccccc2F)C(Cc2ccccc2)C(=O)NC(C)(C)C)c2ccccc2)cc1. The molecule has 8 nitrogen and oxygen atoms in total. The van der Waals surface area contributed by atoms with E-state index in [0.29, 0.717) is 12.4 Å². The van der Waals surface area contributed by atoms with Crippen LogP contribution in [0.5, 0.6) is 5.75 Å². The van der Waals surface area contributed by atoms with Crippen LogP contribution in [0.2, 0.25) is 0 Å². The Bertz CT molecular complexity index is 1710. The molecule has 1 atom stereocenters. The zero-order valence-corrected chi connectivity index (χ0v) is 27.3. The second kappa shape index (κ2) is 15.1. The molecule has 0 bridgehead atoms. The van der Waals surface area contributed by atoms with Crippen molar-refractivity contribution >= 4 is 27.5 Å². The second-order valence-electron chi connectivity index (χ2n) is 11.8. The third kappa shape index (κ3) is 8.94. The maximum absolute atomic E-state index is 15.0. The van der Waals surface area contributed by atoms with E-state index in [4.69, 9.17) is 4.74 Å². The van der Waals surface area contributed by atoms with Gasteiger partial charge in [-0.15, -0.1) is 0 Å². The molecule has 242 valence electrons. The number of hydrogen-bond acceptors (Lipinski definition) is 5. The van der Waals surface area contributed by atoms with Crippen LogP contribution >= 0.6 is 0 Å². The van der Waals surface area contributed by atoms with Crippen molar-refractivity contribution in [3.8, 4) is 5.75 Å². The Morgan fingerprint density at radius 2 is 1.43 bits per heavy atom. The van der Waals surface area contributed by atoms with Crippen molar-refractivity contribution in [1.82, 2.24) is 10.2 Å². The minimum Gasteiger partial charge on any atom is -0.494 e. The highest BCUT2D eigenvalue weighted by Gasteiger charge is 2.36. The lowest BCUT2D eigenvalue weighted by atomic mass is 10.0. The molecule has 4 aromatic rings. The largest absolute Gasteiger partial charge is 0.494 e. The van der Waals surface area contributed by atoms with Gasteiger partial charge in [0.2, 0.25) is 11.8 Å². The number of nitrogens with zero attached hydrogens (tertiary/aromatic N) is 2. The average Bonchev–Trinajstić information content (AvgIpc) is 3.02. The quantitative estimate of drug-likeness (QED) is 0.193. The minimum absolute atomic E-state index is 0.0421. The molecule has 0 fully saturated rings. The molecule has 0 spiro atoms. The van der Waals surface area contributed by atoms with Gasteiger partial charge in [-0.1, -0.05) is 66.7 Å². The van der Waals surface area contributed by atoms with Crippen molar-refractivity contribution in [2.24, 2.45) is 0 Å². The molecule has 2 amide bonds. The van der Waals surface area contributed by atoms with Crippen LogP contribution in [0.15, 0.2) is 114 Å². The van der Waals surface area contributed by atoms with Crippen molar-refractivity contribution in [1.29, 1.82) is 0 Å². The number of halogens is 1. The lowest BCUT2D eigenvalue weighted by Gasteiger charge is -2.35. The maximum Gasteiger partial charge on any atom is 0.264 e. The first kappa shape index (κ1) is 34.2. The molecule has 46 heavy (non-hydrogen) atoms. The van der Waals surface area contributed by atoms with Crippen LogP contribution in [0.25, 0.3) is 0 Å². The number of nitrogens with one attached hydrogen (secondary N) is 1. The van der Waals surface area contributed by atoms with E-state index < -0.39 is 45.8 Å². The number of ether oxygens (including phenoxy) is 1. The fourth-order valence-electron chi connectivity index (χ4n) is 4.94. The summed E-state index contributed by atoms with van der Waals surface area (Å²) < 4.78 is 49.8. The van der Waals surface area contributed by atoms with E-state index in [1.165, 1.54) is 23.1 Å².